The molecule has 1 atom stereocenters. The third kappa shape index (κ3) is 4.03. The van der Waals surface area contributed by atoms with Gasteiger partial charge < -0.3 is 11.1 Å². The molecule has 3 N–H and O–H groups in total. The average molecular weight is 313 g/mol. The minimum Gasteiger partial charge on any atom is -0.325 e. The van der Waals surface area contributed by atoms with E-state index in [1.165, 1.54) is 10.4 Å². The van der Waals surface area contributed by atoms with Gasteiger partial charge in [-0.3, -0.25) is 4.79 Å². The van der Waals surface area contributed by atoms with E-state index in [0.29, 0.717) is 24.3 Å². The molecule has 118 valence electrons. The van der Waals surface area contributed by atoms with Crippen LogP contribution in [0.4, 0.5) is 5.69 Å². The van der Waals surface area contributed by atoms with Crippen LogP contribution in [0.2, 0.25) is 0 Å². The van der Waals surface area contributed by atoms with Crippen LogP contribution in [0.25, 0.3) is 0 Å². The summed E-state index contributed by atoms with van der Waals surface area (Å²) in [6, 6.07) is 4.15. The molecule has 0 aliphatic heterocycles. The number of nitrogens with one attached hydrogen (secondary N) is 1. The van der Waals surface area contributed by atoms with Crippen molar-refractivity contribution in [2.24, 2.45) is 5.73 Å². The Balaban J connectivity index is 3.22. The van der Waals surface area contributed by atoms with Crippen molar-refractivity contribution < 1.29 is 13.2 Å². The first-order valence-corrected chi connectivity index (χ1v) is 8.35. The summed E-state index contributed by atoms with van der Waals surface area (Å²) < 4.78 is 26.5. The summed E-state index contributed by atoms with van der Waals surface area (Å²) in [5.41, 5.74) is 6.55. The van der Waals surface area contributed by atoms with Gasteiger partial charge in [0.05, 0.1) is 10.9 Å². The first-order chi connectivity index (χ1) is 9.73. The lowest BCUT2D eigenvalue weighted by Crippen LogP contribution is -2.33. The van der Waals surface area contributed by atoms with Crippen molar-refractivity contribution in [3.63, 3.8) is 0 Å². The molecule has 1 rings (SSSR count). The van der Waals surface area contributed by atoms with Gasteiger partial charge in [-0.25, -0.2) is 8.42 Å². The first-order valence-electron chi connectivity index (χ1n) is 6.91. The van der Waals surface area contributed by atoms with E-state index in [9.17, 15) is 13.2 Å². The molecule has 0 saturated carbocycles. The van der Waals surface area contributed by atoms with Crippen LogP contribution in [0.15, 0.2) is 23.1 Å². The normalized spacial score (nSPS) is 13.2. The van der Waals surface area contributed by atoms with E-state index in [2.05, 4.69) is 5.32 Å². The molecule has 0 bridgehead atoms. The number of anilines is 1. The Labute approximate surface area is 126 Å². The number of nitrogens with zero attached hydrogens (tertiary/aromatic N) is 1. The number of rotatable bonds is 6. The molecule has 1 aromatic rings. The van der Waals surface area contributed by atoms with E-state index >= 15 is 0 Å². The Kier molecular flexibility index (Phi) is 5.88. The summed E-state index contributed by atoms with van der Waals surface area (Å²) in [7, 11) is -3.56. The van der Waals surface area contributed by atoms with Crippen LogP contribution in [0.5, 0.6) is 0 Å². The zero-order chi connectivity index (χ0) is 16.2. The fourth-order valence-electron chi connectivity index (χ4n) is 1.91. The van der Waals surface area contributed by atoms with Gasteiger partial charge in [-0.1, -0.05) is 19.9 Å². The van der Waals surface area contributed by atoms with E-state index in [-0.39, 0.29) is 10.8 Å². The van der Waals surface area contributed by atoms with Gasteiger partial charge in [0, 0.05) is 18.8 Å². The number of hydrogen-bond donors (Lipinski definition) is 2. The number of benzene rings is 1. The van der Waals surface area contributed by atoms with Gasteiger partial charge in [0.25, 0.3) is 0 Å². The second-order valence-electron chi connectivity index (χ2n) is 4.85. The second kappa shape index (κ2) is 7.02. The number of sulfonamides is 1. The molecule has 1 aromatic carbocycles. The van der Waals surface area contributed by atoms with Crippen molar-refractivity contribution >= 4 is 21.6 Å². The van der Waals surface area contributed by atoms with Crippen molar-refractivity contribution in [3.8, 4) is 0 Å². The SMILES string of the molecule is CCN(CC)S(=O)(=O)c1cc(NC(=O)[C@@H](C)N)ccc1C. The summed E-state index contributed by atoms with van der Waals surface area (Å²) in [5.74, 6) is -0.356. The van der Waals surface area contributed by atoms with Gasteiger partial charge in [0.15, 0.2) is 0 Å². The molecule has 0 heterocycles. The van der Waals surface area contributed by atoms with Gasteiger partial charge in [-0.05, 0) is 31.5 Å². The zero-order valence-electron chi connectivity index (χ0n) is 12.9. The molecule has 0 radical (unpaired) electrons. The van der Waals surface area contributed by atoms with Crippen molar-refractivity contribution in [1.82, 2.24) is 4.31 Å². The highest BCUT2D eigenvalue weighted by Gasteiger charge is 2.24. The number of carbonyl (C=O) groups is 1. The van der Waals surface area contributed by atoms with Crippen molar-refractivity contribution in [2.45, 2.75) is 38.6 Å². The van der Waals surface area contributed by atoms with Crippen molar-refractivity contribution in [3.05, 3.63) is 23.8 Å². The highest BCUT2D eigenvalue weighted by molar-refractivity contribution is 7.89. The number of carbonyl (C=O) groups excluding carboxylic acids is 1. The summed E-state index contributed by atoms with van der Waals surface area (Å²) in [5, 5.41) is 2.61. The van der Waals surface area contributed by atoms with Crippen LogP contribution in [0.1, 0.15) is 26.3 Å². The fraction of sp³-hybridized carbons (Fsp3) is 0.500. The Hall–Kier alpha value is -1.44. The maximum absolute atomic E-state index is 12.6. The third-order valence-corrected chi connectivity index (χ3v) is 5.38. The lowest BCUT2D eigenvalue weighted by molar-refractivity contribution is -0.117. The maximum Gasteiger partial charge on any atom is 0.243 e. The predicted octanol–water partition coefficient (Wildman–Crippen LogP) is 1.31. The molecule has 6 nitrogen and oxygen atoms in total. The van der Waals surface area contributed by atoms with Crippen molar-refractivity contribution in [2.75, 3.05) is 18.4 Å². The van der Waals surface area contributed by atoms with E-state index in [1.54, 1.807) is 39.8 Å². The number of amides is 1. The van der Waals surface area contributed by atoms with E-state index in [0.717, 1.165) is 0 Å². The highest BCUT2D eigenvalue weighted by Crippen LogP contribution is 2.23. The van der Waals surface area contributed by atoms with Crippen LogP contribution in [0.3, 0.4) is 0 Å². The van der Waals surface area contributed by atoms with Gasteiger partial charge in [-0.15, -0.1) is 0 Å². The monoisotopic (exact) mass is 313 g/mol. The van der Waals surface area contributed by atoms with E-state index < -0.39 is 16.1 Å². The van der Waals surface area contributed by atoms with Crippen LogP contribution < -0.4 is 11.1 Å². The third-order valence-electron chi connectivity index (χ3n) is 3.19. The Morgan fingerprint density at radius 3 is 2.38 bits per heavy atom. The molecule has 0 spiro atoms. The van der Waals surface area contributed by atoms with Gasteiger partial charge in [0.1, 0.15) is 0 Å². The maximum atomic E-state index is 12.6. The lowest BCUT2D eigenvalue weighted by Gasteiger charge is -2.20. The van der Waals surface area contributed by atoms with Crippen LogP contribution in [0, 0.1) is 6.92 Å². The average Bonchev–Trinajstić information content (AvgIpc) is 2.41. The summed E-state index contributed by atoms with van der Waals surface area (Å²) in [6.45, 7) is 7.67. The molecule has 0 fully saturated rings. The molecule has 0 unspecified atom stereocenters. The molecular formula is C14H23N3O3S. The molecule has 7 heteroatoms. The molecule has 21 heavy (non-hydrogen) atoms. The van der Waals surface area contributed by atoms with Crippen LogP contribution in [-0.4, -0.2) is 37.8 Å². The summed E-state index contributed by atoms with van der Waals surface area (Å²) >= 11 is 0. The van der Waals surface area contributed by atoms with Crippen LogP contribution >= 0.6 is 0 Å². The molecular weight excluding hydrogens is 290 g/mol. The molecule has 0 saturated heterocycles. The largest absolute Gasteiger partial charge is 0.325 e. The fourth-order valence-corrected chi connectivity index (χ4v) is 3.62. The van der Waals surface area contributed by atoms with Gasteiger partial charge in [0.2, 0.25) is 15.9 Å². The van der Waals surface area contributed by atoms with Crippen LogP contribution in [-0.2, 0) is 14.8 Å². The topological polar surface area (TPSA) is 92.5 Å². The lowest BCUT2D eigenvalue weighted by atomic mass is 10.2. The predicted molar refractivity (Wildman–Crippen MR) is 83.6 cm³/mol. The van der Waals surface area contributed by atoms with E-state index in [1.807, 2.05) is 0 Å². The summed E-state index contributed by atoms with van der Waals surface area (Å²) in [6.07, 6.45) is 0. The smallest absolute Gasteiger partial charge is 0.243 e. The molecule has 0 aromatic heterocycles. The number of nitrogens with two attached hydrogens (primary N) is 1. The number of hydrogen-bond acceptors (Lipinski definition) is 4. The zero-order valence-corrected chi connectivity index (χ0v) is 13.7. The van der Waals surface area contributed by atoms with E-state index in [4.69, 9.17) is 5.73 Å². The Morgan fingerprint density at radius 2 is 1.90 bits per heavy atom. The molecule has 1 amide bonds. The summed E-state index contributed by atoms with van der Waals surface area (Å²) in [4.78, 5) is 11.8. The first kappa shape index (κ1) is 17.6. The van der Waals surface area contributed by atoms with Gasteiger partial charge >= 0.3 is 0 Å². The number of aryl methyl sites for hydroxylation is 1. The Bertz CT molecular complexity index is 608. The minimum atomic E-state index is -3.56. The molecule has 0 aliphatic rings. The standard InChI is InChI=1S/C14H23N3O3S/c1-5-17(6-2)21(19,20)13-9-12(8-7-10(13)3)16-14(18)11(4)15/h7-9,11H,5-6,15H2,1-4H3,(H,16,18)/t11-/m1/s1. The molecule has 0 aliphatic carbocycles. The highest BCUT2D eigenvalue weighted by atomic mass is 32.2. The minimum absolute atomic E-state index is 0.202. The Morgan fingerprint density at radius 1 is 1.33 bits per heavy atom. The van der Waals surface area contributed by atoms with Gasteiger partial charge in [-0.2, -0.15) is 4.31 Å². The second-order valence-corrected chi connectivity index (χ2v) is 6.75. The quantitative estimate of drug-likeness (QED) is 0.828. The van der Waals surface area contributed by atoms with Crippen molar-refractivity contribution in [1.29, 1.82) is 0 Å².